The van der Waals surface area contributed by atoms with Crippen molar-refractivity contribution < 1.29 is 9.15 Å². The van der Waals surface area contributed by atoms with Gasteiger partial charge in [0.25, 0.3) is 0 Å². The normalized spacial score (nSPS) is 11.0. The maximum Gasteiger partial charge on any atom is 0.176 e. The molecule has 1 heterocycles. The molecule has 17 heavy (non-hydrogen) atoms. The summed E-state index contributed by atoms with van der Waals surface area (Å²) in [6, 6.07) is 5.99. The van der Waals surface area contributed by atoms with Crippen LogP contribution in [0.3, 0.4) is 0 Å². The molecule has 0 spiro atoms. The SMILES string of the molecule is CCCNCc1oc2c(OC)cccc2c1C. The Morgan fingerprint density at radius 3 is 2.88 bits per heavy atom. The Morgan fingerprint density at radius 1 is 1.35 bits per heavy atom. The topological polar surface area (TPSA) is 34.4 Å². The van der Waals surface area contributed by atoms with Crippen LogP contribution >= 0.6 is 0 Å². The molecule has 0 unspecified atom stereocenters. The predicted molar refractivity (Wildman–Crippen MR) is 69.5 cm³/mol. The van der Waals surface area contributed by atoms with Crippen molar-refractivity contribution in [1.29, 1.82) is 0 Å². The summed E-state index contributed by atoms with van der Waals surface area (Å²) in [5, 5.41) is 4.49. The summed E-state index contributed by atoms with van der Waals surface area (Å²) in [5.41, 5.74) is 2.04. The molecule has 0 saturated carbocycles. The lowest BCUT2D eigenvalue weighted by molar-refractivity contribution is 0.406. The third-order valence-corrected chi connectivity index (χ3v) is 2.96. The van der Waals surface area contributed by atoms with Gasteiger partial charge in [-0.25, -0.2) is 0 Å². The molecule has 3 nitrogen and oxygen atoms in total. The highest BCUT2D eigenvalue weighted by Gasteiger charge is 2.13. The van der Waals surface area contributed by atoms with Gasteiger partial charge < -0.3 is 14.5 Å². The molecule has 1 N–H and O–H groups in total. The van der Waals surface area contributed by atoms with Crippen molar-refractivity contribution in [3.8, 4) is 5.75 Å². The molecule has 0 aliphatic carbocycles. The Balaban J connectivity index is 2.35. The first-order valence-electron chi connectivity index (χ1n) is 6.03. The molecule has 0 radical (unpaired) electrons. The molecule has 0 fully saturated rings. The largest absolute Gasteiger partial charge is 0.493 e. The van der Waals surface area contributed by atoms with Crippen molar-refractivity contribution in [1.82, 2.24) is 5.32 Å². The van der Waals surface area contributed by atoms with Crippen molar-refractivity contribution in [3.05, 3.63) is 29.5 Å². The van der Waals surface area contributed by atoms with Gasteiger partial charge in [-0.1, -0.05) is 19.1 Å². The number of aryl methyl sites for hydroxylation is 1. The van der Waals surface area contributed by atoms with E-state index in [-0.39, 0.29) is 0 Å². The van der Waals surface area contributed by atoms with Gasteiger partial charge >= 0.3 is 0 Å². The molecule has 1 aromatic carbocycles. The lowest BCUT2D eigenvalue weighted by Gasteiger charge is -2.00. The minimum absolute atomic E-state index is 0.775. The molecular weight excluding hydrogens is 214 g/mol. The van der Waals surface area contributed by atoms with E-state index in [0.717, 1.165) is 42.0 Å². The number of hydrogen-bond donors (Lipinski definition) is 1. The Kier molecular flexibility index (Phi) is 3.69. The molecular formula is C14H19NO2. The molecule has 92 valence electrons. The molecule has 2 aromatic rings. The summed E-state index contributed by atoms with van der Waals surface area (Å²) in [6.45, 7) is 6.03. The molecule has 0 atom stereocenters. The number of benzene rings is 1. The number of hydrogen-bond acceptors (Lipinski definition) is 3. The molecule has 0 amide bonds. The maximum absolute atomic E-state index is 5.88. The van der Waals surface area contributed by atoms with E-state index in [0.29, 0.717) is 0 Å². The Hall–Kier alpha value is -1.48. The number of rotatable bonds is 5. The van der Waals surface area contributed by atoms with Crippen LogP contribution in [0.5, 0.6) is 5.75 Å². The van der Waals surface area contributed by atoms with Crippen LogP contribution in [0.1, 0.15) is 24.7 Å². The van der Waals surface area contributed by atoms with Crippen LogP contribution < -0.4 is 10.1 Å². The number of furan rings is 1. The summed E-state index contributed by atoms with van der Waals surface area (Å²) in [6.07, 6.45) is 1.13. The highest BCUT2D eigenvalue weighted by Crippen LogP contribution is 2.32. The first-order chi connectivity index (χ1) is 8.27. The third kappa shape index (κ3) is 2.29. The van der Waals surface area contributed by atoms with Crippen LogP contribution in [-0.2, 0) is 6.54 Å². The summed E-state index contributed by atoms with van der Waals surface area (Å²) >= 11 is 0. The van der Waals surface area contributed by atoms with Gasteiger partial charge in [0.05, 0.1) is 13.7 Å². The second-order valence-electron chi connectivity index (χ2n) is 4.16. The average molecular weight is 233 g/mol. The monoisotopic (exact) mass is 233 g/mol. The smallest absolute Gasteiger partial charge is 0.176 e. The van der Waals surface area contributed by atoms with Crippen LogP contribution in [0.2, 0.25) is 0 Å². The number of ether oxygens (including phenoxy) is 1. The fourth-order valence-corrected chi connectivity index (χ4v) is 1.97. The van der Waals surface area contributed by atoms with Crippen LogP contribution in [0.25, 0.3) is 11.0 Å². The number of methoxy groups -OCH3 is 1. The van der Waals surface area contributed by atoms with Gasteiger partial charge in [0.15, 0.2) is 11.3 Å². The van der Waals surface area contributed by atoms with Gasteiger partial charge in [0.1, 0.15) is 5.76 Å². The van der Waals surface area contributed by atoms with Crippen molar-refractivity contribution in [2.45, 2.75) is 26.8 Å². The quantitative estimate of drug-likeness (QED) is 0.805. The van der Waals surface area contributed by atoms with Gasteiger partial charge in [-0.3, -0.25) is 0 Å². The predicted octanol–water partition coefficient (Wildman–Crippen LogP) is 3.25. The second-order valence-corrected chi connectivity index (χ2v) is 4.16. The summed E-state index contributed by atoms with van der Waals surface area (Å²) in [4.78, 5) is 0. The first kappa shape index (κ1) is 12.0. The highest BCUT2D eigenvalue weighted by atomic mass is 16.5. The van der Waals surface area contributed by atoms with E-state index >= 15 is 0 Å². The highest BCUT2D eigenvalue weighted by molar-refractivity contribution is 5.87. The van der Waals surface area contributed by atoms with E-state index in [1.165, 1.54) is 5.56 Å². The van der Waals surface area contributed by atoms with Crippen molar-refractivity contribution >= 4 is 11.0 Å². The Morgan fingerprint density at radius 2 is 2.18 bits per heavy atom. The molecule has 0 saturated heterocycles. The standard InChI is InChI=1S/C14H19NO2/c1-4-8-15-9-13-10(2)11-6-5-7-12(16-3)14(11)17-13/h5-7,15H,4,8-9H2,1-3H3. The molecule has 3 heteroatoms. The van der Waals surface area contributed by atoms with E-state index in [4.69, 9.17) is 9.15 Å². The van der Waals surface area contributed by atoms with Gasteiger partial charge in [-0.15, -0.1) is 0 Å². The van der Waals surface area contributed by atoms with Crippen LogP contribution in [0.4, 0.5) is 0 Å². The third-order valence-electron chi connectivity index (χ3n) is 2.96. The Labute approximate surface area is 102 Å². The van der Waals surface area contributed by atoms with Crippen LogP contribution in [0, 0.1) is 6.92 Å². The van der Waals surface area contributed by atoms with E-state index in [2.05, 4.69) is 25.2 Å². The lowest BCUT2D eigenvalue weighted by atomic mass is 10.1. The number of fused-ring (bicyclic) bond motifs is 1. The van der Waals surface area contributed by atoms with E-state index in [1.54, 1.807) is 7.11 Å². The number of para-hydroxylation sites is 1. The van der Waals surface area contributed by atoms with E-state index in [9.17, 15) is 0 Å². The average Bonchev–Trinajstić information content (AvgIpc) is 2.67. The van der Waals surface area contributed by atoms with Crippen molar-refractivity contribution in [3.63, 3.8) is 0 Å². The fraction of sp³-hybridized carbons (Fsp3) is 0.429. The minimum atomic E-state index is 0.775. The number of nitrogens with one attached hydrogen (secondary N) is 1. The molecule has 1 aromatic heterocycles. The van der Waals surface area contributed by atoms with Gasteiger partial charge in [0.2, 0.25) is 0 Å². The molecule has 0 aliphatic heterocycles. The molecule has 2 rings (SSSR count). The zero-order valence-electron chi connectivity index (χ0n) is 10.7. The van der Waals surface area contributed by atoms with E-state index < -0.39 is 0 Å². The molecule has 0 aliphatic rings. The van der Waals surface area contributed by atoms with Crippen LogP contribution in [0.15, 0.2) is 22.6 Å². The zero-order chi connectivity index (χ0) is 12.3. The van der Waals surface area contributed by atoms with Gasteiger partial charge in [0, 0.05) is 5.39 Å². The lowest BCUT2D eigenvalue weighted by Crippen LogP contribution is -2.13. The minimum Gasteiger partial charge on any atom is -0.493 e. The first-order valence-corrected chi connectivity index (χ1v) is 6.03. The summed E-state index contributed by atoms with van der Waals surface area (Å²) in [5.74, 6) is 1.80. The molecule has 0 bridgehead atoms. The zero-order valence-corrected chi connectivity index (χ0v) is 10.7. The van der Waals surface area contributed by atoms with Crippen LogP contribution in [-0.4, -0.2) is 13.7 Å². The second kappa shape index (κ2) is 5.23. The van der Waals surface area contributed by atoms with Gasteiger partial charge in [-0.2, -0.15) is 0 Å². The van der Waals surface area contributed by atoms with Crippen molar-refractivity contribution in [2.75, 3.05) is 13.7 Å². The van der Waals surface area contributed by atoms with E-state index in [1.807, 2.05) is 12.1 Å². The maximum atomic E-state index is 5.88. The van der Waals surface area contributed by atoms with Crippen molar-refractivity contribution in [2.24, 2.45) is 0 Å². The Bertz CT molecular complexity index is 502. The fourth-order valence-electron chi connectivity index (χ4n) is 1.97. The van der Waals surface area contributed by atoms with Gasteiger partial charge in [-0.05, 0) is 31.5 Å². The summed E-state index contributed by atoms with van der Waals surface area (Å²) in [7, 11) is 1.67. The summed E-state index contributed by atoms with van der Waals surface area (Å²) < 4.78 is 11.2.